The van der Waals surface area contributed by atoms with Crippen molar-refractivity contribution < 1.29 is 48.0 Å². The topological polar surface area (TPSA) is 304 Å². The van der Waals surface area contributed by atoms with Gasteiger partial charge in [0.2, 0.25) is 23.6 Å². The summed E-state index contributed by atoms with van der Waals surface area (Å²) in [5.41, 5.74) is 8.60. The number of hydrogen-bond donors (Lipinski definition) is 3. The number of ether oxygens (including phenoxy) is 5. The number of carbonyl (C=O) groups excluding carboxylic acids is 4. The number of aliphatic hydroxyl groups is 1. The number of rotatable bonds is 13. The quantitative estimate of drug-likeness (QED) is 0.129. The minimum Gasteiger partial charge on any atom is -0.484 e. The molecule has 4 atom stereocenters. The Morgan fingerprint density at radius 2 is 1.24 bits per heavy atom. The van der Waals surface area contributed by atoms with E-state index >= 15 is 0 Å². The third-order valence-electron chi connectivity index (χ3n) is 12.3. The lowest BCUT2D eigenvalue weighted by molar-refractivity contribution is -0.122. The lowest BCUT2D eigenvalue weighted by atomic mass is 10.1. The number of ketones is 2. The predicted octanol–water partition coefficient (Wildman–Crippen LogP) is 0.0838. The average molecular weight is 989 g/mol. The van der Waals surface area contributed by atoms with Crippen molar-refractivity contribution in [2.45, 2.75) is 75.9 Å². The molecule has 0 spiro atoms. The number of carbonyl (C=O) groups is 4. The Morgan fingerprint density at radius 3 is 1.75 bits per heavy atom. The monoisotopic (exact) mass is 988 g/mol. The molecule has 0 saturated carbocycles. The zero-order valence-electron chi connectivity index (χ0n) is 39.5. The maximum atomic E-state index is 12.6. The van der Waals surface area contributed by atoms with Gasteiger partial charge < -0.3 is 39.8 Å². The lowest BCUT2D eigenvalue weighted by Gasteiger charge is -2.21. The molecule has 11 rings (SSSR count). The molecule has 0 bridgehead atoms. The molecular weight excluding hydrogens is 937 g/mol. The Morgan fingerprint density at radius 1 is 0.708 bits per heavy atom. The highest BCUT2D eigenvalue weighted by molar-refractivity contribution is 5.96. The molecule has 0 aromatic carbocycles. The van der Waals surface area contributed by atoms with Gasteiger partial charge in [0, 0.05) is 69.8 Å². The SMILES string of the molecule is COc1ccc2ncc(=O)n(CC[C@@H](O)CN[C@@H]3CC(=O)N(c4ccc5c(n4)CC(=O)CO5)C3)c2n1.COc1ccc2ncc(=O)n(CC[C@@H]3CO3)c2n1.N[C@@H]1CC(=O)N(c2ccc3c(n2)CC(=O)CO3)C1. The highest BCUT2D eigenvalue weighted by Crippen LogP contribution is 2.29. The minimum atomic E-state index is -0.750. The van der Waals surface area contributed by atoms with E-state index in [1.807, 2.05) is 0 Å². The molecule has 24 nitrogen and oxygen atoms in total. The van der Waals surface area contributed by atoms with Crippen LogP contribution in [-0.2, 0) is 49.8 Å². The molecule has 376 valence electrons. The van der Waals surface area contributed by atoms with Crippen LogP contribution in [0.5, 0.6) is 23.3 Å². The van der Waals surface area contributed by atoms with Crippen LogP contribution < -0.4 is 50.9 Å². The van der Waals surface area contributed by atoms with E-state index in [4.69, 9.17) is 29.4 Å². The van der Waals surface area contributed by atoms with Gasteiger partial charge in [-0.05, 0) is 49.2 Å². The number of pyridine rings is 4. The number of anilines is 2. The summed E-state index contributed by atoms with van der Waals surface area (Å²) >= 11 is 0. The molecule has 72 heavy (non-hydrogen) atoms. The van der Waals surface area contributed by atoms with Gasteiger partial charge in [0.05, 0.1) is 69.7 Å². The Bertz CT molecular complexity index is 3160. The molecule has 0 unspecified atom stereocenters. The summed E-state index contributed by atoms with van der Waals surface area (Å²) in [6.07, 6.45) is 4.27. The Hall–Kier alpha value is -7.80. The van der Waals surface area contributed by atoms with Crippen LogP contribution in [0.3, 0.4) is 0 Å². The van der Waals surface area contributed by atoms with Crippen LogP contribution in [-0.4, -0.2) is 145 Å². The highest BCUT2D eigenvalue weighted by atomic mass is 16.6. The second-order valence-corrected chi connectivity index (χ2v) is 17.6. The number of amides is 2. The largest absolute Gasteiger partial charge is 0.484 e. The number of nitrogens with one attached hydrogen (secondary N) is 1. The number of epoxide rings is 1. The number of nitrogens with zero attached hydrogens (tertiary/aromatic N) is 10. The van der Waals surface area contributed by atoms with Crippen LogP contribution in [0.2, 0.25) is 0 Å². The fraction of sp³-hybridized carbons (Fsp3) is 0.417. The number of hydrogen-bond acceptors (Lipinski definition) is 20. The van der Waals surface area contributed by atoms with Gasteiger partial charge in [0.25, 0.3) is 11.1 Å². The van der Waals surface area contributed by atoms with E-state index in [2.05, 4.69) is 35.2 Å². The van der Waals surface area contributed by atoms with Crippen molar-refractivity contribution in [1.82, 2.24) is 44.4 Å². The van der Waals surface area contributed by atoms with Crippen molar-refractivity contribution in [2.75, 3.05) is 63.5 Å². The summed E-state index contributed by atoms with van der Waals surface area (Å²) in [4.78, 5) is 100. The molecule has 2 amide bonds. The maximum absolute atomic E-state index is 12.6. The Kier molecular flexibility index (Phi) is 14.8. The number of aliphatic hydroxyl groups excluding tert-OH is 1. The molecule has 6 aromatic rings. The molecule has 3 fully saturated rings. The molecule has 11 heterocycles. The van der Waals surface area contributed by atoms with Gasteiger partial charge in [0.1, 0.15) is 47.4 Å². The summed E-state index contributed by atoms with van der Waals surface area (Å²) < 4.78 is 29.1. The average Bonchev–Trinajstić information content (AvgIpc) is 4.05. The number of nitrogens with two attached hydrogens (primary N) is 1. The van der Waals surface area contributed by atoms with E-state index in [9.17, 15) is 33.9 Å². The highest BCUT2D eigenvalue weighted by Gasteiger charge is 2.33. The van der Waals surface area contributed by atoms with E-state index in [-0.39, 0.29) is 98.3 Å². The van der Waals surface area contributed by atoms with Gasteiger partial charge in [-0.2, -0.15) is 9.97 Å². The smallest absolute Gasteiger partial charge is 0.270 e. The summed E-state index contributed by atoms with van der Waals surface area (Å²) in [6, 6.07) is 13.5. The van der Waals surface area contributed by atoms with Crippen LogP contribution in [0.15, 0.2) is 70.5 Å². The summed E-state index contributed by atoms with van der Waals surface area (Å²) in [7, 11) is 3.04. The normalized spacial score (nSPS) is 19.4. The van der Waals surface area contributed by atoms with Gasteiger partial charge in [-0.15, -0.1) is 0 Å². The van der Waals surface area contributed by atoms with Gasteiger partial charge in [0.15, 0.2) is 22.9 Å². The molecule has 4 N–H and O–H groups in total. The zero-order valence-corrected chi connectivity index (χ0v) is 39.5. The van der Waals surface area contributed by atoms with Crippen LogP contribution in [0.4, 0.5) is 11.6 Å². The number of Topliss-reactive ketones (excluding diaryl/α,β-unsaturated/α-hetero) is 2. The Labute approximate surface area is 410 Å². The second kappa shape index (κ2) is 21.7. The molecule has 3 saturated heterocycles. The first-order valence-corrected chi connectivity index (χ1v) is 23.3. The number of aryl methyl sites for hydroxylation is 2. The van der Waals surface area contributed by atoms with Crippen molar-refractivity contribution >= 4 is 57.3 Å². The summed E-state index contributed by atoms with van der Waals surface area (Å²) in [6.45, 7) is 2.88. The van der Waals surface area contributed by atoms with Crippen molar-refractivity contribution in [3.63, 3.8) is 0 Å². The first kappa shape index (κ1) is 49.2. The fourth-order valence-corrected chi connectivity index (χ4v) is 8.48. The van der Waals surface area contributed by atoms with Gasteiger partial charge >= 0.3 is 0 Å². The van der Waals surface area contributed by atoms with Gasteiger partial charge in [-0.1, -0.05) is 0 Å². The van der Waals surface area contributed by atoms with Crippen molar-refractivity contribution in [3.05, 3.63) is 93.0 Å². The Balaban J connectivity index is 0.000000148. The second-order valence-electron chi connectivity index (χ2n) is 17.6. The van der Waals surface area contributed by atoms with E-state index in [1.54, 1.807) is 70.0 Å². The number of aromatic nitrogens is 8. The van der Waals surface area contributed by atoms with Gasteiger partial charge in [-0.25, -0.2) is 19.9 Å². The van der Waals surface area contributed by atoms with Crippen LogP contribution >= 0.6 is 0 Å². The maximum Gasteiger partial charge on any atom is 0.270 e. The molecule has 0 aliphatic carbocycles. The van der Waals surface area contributed by atoms with Crippen LogP contribution in [0.1, 0.15) is 37.1 Å². The molecule has 5 aliphatic heterocycles. The fourth-order valence-electron chi connectivity index (χ4n) is 8.48. The third kappa shape index (κ3) is 11.5. The molecule has 0 radical (unpaired) electrons. The molecule has 6 aromatic heterocycles. The standard InChI is InChI=1S/C24H26N6O6.2C12H13N3O3/c1-35-21-5-2-17-24(28-21)29(23(34)11-26-17)7-6-15(31)10-25-14-8-22(33)30(12-14)20-4-3-19-18(27-20)9-16(32)13-36-19;1-17-10-3-2-9-12(14-10)15(11(16)6-13-9)5-4-8-7-18-8;13-7-3-12(17)15(5-7)11-2-1-10-9(14-11)4-8(16)6-18-10/h2-5,11,14-15,25,31H,6-10,12-13H2,1H3;2-3,6,8H,4-5,7H2,1H3;1-2,7H,3-6,13H2/t14-,15-;8-;7-/m111/s1. The minimum absolute atomic E-state index is 0.00315. The van der Waals surface area contributed by atoms with Crippen molar-refractivity contribution in [1.29, 1.82) is 0 Å². The predicted molar refractivity (Wildman–Crippen MR) is 256 cm³/mol. The summed E-state index contributed by atoms with van der Waals surface area (Å²) in [5, 5.41) is 13.8. The third-order valence-corrected chi connectivity index (χ3v) is 12.3. The van der Waals surface area contributed by atoms with E-state index < -0.39 is 6.10 Å². The van der Waals surface area contributed by atoms with Crippen molar-refractivity contribution in [2.24, 2.45) is 5.73 Å². The zero-order chi connectivity index (χ0) is 50.5. The molecule has 24 heteroatoms. The van der Waals surface area contributed by atoms with Gasteiger partial charge in [-0.3, -0.25) is 47.7 Å². The van der Waals surface area contributed by atoms with E-state index in [1.165, 1.54) is 24.1 Å². The first-order valence-electron chi connectivity index (χ1n) is 23.3. The van der Waals surface area contributed by atoms with Crippen molar-refractivity contribution in [3.8, 4) is 23.3 Å². The first-order chi connectivity index (χ1) is 34.8. The lowest BCUT2D eigenvalue weighted by Crippen LogP contribution is -2.38. The van der Waals surface area contributed by atoms with E-state index in [0.29, 0.717) is 101 Å². The molecule has 5 aliphatic rings. The van der Waals surface area contributed by atoms with Crippen LogP contribution in [0.25, 0.3) is 22.3 Å². The van der Waals surface area contributed by atoms with Crippen LogP contribution in [0, 0.1) is 0 Å². The van der Waals surface area contributed by atoms with E-state index in [0.717, 1.165) is 13.0 Å². The molecular formula is C48H52N12O12. The summed E-state index contributed by atoms with van der Waals surface area (Å²) in [5.74, 6) is 2.89. The number of methoxy groups -OCH3 is 2. The number of fused-ring (bicyclic) bond motifs is 4.